The Morgan fingerprint density at radius 3 is 1.70 bits per heavy atom. The molecule has 0 saturated heterocycles. The molecule has 0 saturated carbocycles. The zero-order valence-electron chi connectivity index (χ0n) is 7.14. The van der Waals surface area contributed by atoms with Crippen LogP contribution in [-0.2, 0) is 19.1 Å². The Bertz CT molecular complexity index is 142. The van der Waals surface area contributed by atoms with E-state index in [-0.39, 0.29) is 51.4 Å². The van der Waals surface area contributed by atoms with Gasteiger partial charge in [-0.15, -0.1) is 0 Å². The molecule has 5 heteroatoms. The van der Waals surface area contributed by atoms with Crippen LogP contribution in [0.25, 0.3) is 0 Å². The van der Waals surface area contributed by atoms with Gasteiger partial charge >= 0.3 is 51.4 Å². The van der Waals surface area contributed by atoms with Crippen molar-refractivity contribution in [2.75, 3.05) is 5.75 Å². The van der Waals surface area contributed by atoms with Gasteiger partial charge in [0, 0.05) is 8.07 Å². The number of hydrogen-bond donors (Lipinski definition) is 0. The van der Waals surface area contributed by atoms with Crippen LogP contribution in [0.3, 0.4) is 0 Å². The van der Waals surface area contributed by atoms with Crippen LogP contribution < -0.4 is 51.4 Å². The number of hydrogen-bond acceptors (Lipinski definition) is 3. The largest absolute Gasteiger partial charge is 1.00 e. The van der Waals surface area contributed by atoms with E-state index in [0.29, 0.717) is 5.75 Å². The molecule has 0 heterocycles. The zero-order valence-corrected chi connectivity index (χ0v) is 12.1. The third kappa shape index (κ3) is 12.5. The predicted octanol–water partition coefficient (Wildman–Crippen LogP) is -1.36. The van der Waals surface area contributed by atoms with Crippen molar-refractivity contribution in [1.29, 1.82) is 0 Å². The molecular weight excluding hydrogens is 191 g/mol. The van der Waals surface area contributed by atoms with E-state index in [2.05, 4.69) is 19.6 Å². The molecule has 0 rings (SSSR count). The first-order chi connectivity index (χ1) is 3.92. The molecule has 0 amide bonds. The van der Waals surface area contributed by atoms with Gasteiger partial charge in [0.15, 0.2) is 0 Å². The zero-order chi connectivity index (χ0) is 7.49. The summed E-state index contributed by atoms with van der Waals surface area (Å²) in [4.78, 5) is 0. The van der Waals surface area contributed by atoms with E-state index in [1.54, 1.807) is 0 Å². The van der Waals surface area contributed by atoms with Crippen LogP contribution in [0.1, 0.15) is 0 Å². The summed E-state index contributed by atoms with van der Waals surface area (Å²) < 4.78 is 20.1. The molecule has 0 fully saturated rings. The molecule has 0 aliphatic heterocycles. The average molecular weight is 204 g/mol. The maximum absolute atomic E-state index is 10.1. The van der Waals surface area contributed by atoms with Gasteiger partial charge in [-0.2, -0.15) is 0 Å². The fourth-order valence-corrected chi connectivity index (χ4v) is 3.51. The van der Waals surface area contributed by atoms with Gasteiger partial charge in [-0.3, -0.25) is 0 Å². The Morgan fingerprint density at radius 1 is 1.20 bits per heavy atom. The third-order valence-electron chi connectivity index (χ3n) is 1.02. The van der Waals surface area contributed by atoms with Crippen LogP contribution >= 0.6 is 0 Å². The maximum Gasteiger partial charge on any atom is 1.00 e. The van der Waals surface area contributed by atoms with E-state index in [0.717, 1.165) is 6.04 Å². The predicted molar refractivity (Wildman–Crippen MR) is 41.8 cm³/mol. The minimum Gasteiger partial charge on any atom is -0.424 e. The fraction of sp³-hybridized carbons (Fsp3) is 1.00. The van der Waals surface area contributed by atoms with E-state index in [9.17, 15) is 8.42 Å². The minimum absolute atomic E-state index is 0. The van der Waals surface area contributed by atoms with Crippen LogP contribution in [-0.4, -0.2) is 13.8 Å². The second kappa shape index (κ2) is 6.33. The van der Waals surface area contributed by atoms with Gasteiger partial charge in [-0.1, -0.05) is 42.1 Å². The minimum atomic E-state index is -1.83. The summed E-state index contributed by atoms with van der Waals surface area (Å²) in [5.41, 5.74) is 0. The molecule has 56 valence electrons. The van der Waals surface area contributed by atoms with Crippen LogP contribution in [0.5, 0.6) is 0 Å². The summed E-state index contributed by atoms with van der Waals surface area (Å²) >= 11 is 0. The molecule has 0 bridgehead atoms. The third-order valence-corrected chi connectivity index (χ3v) is 3.67. The van der Waals surface area contributed by atoms with Gasteiger partial charge in [-0.25, -0.2) is 0 Å². The van der Waals surface area contributed by atoms with Gasteiger partial charge in [-0.05, 0) is 0 Å². The quantitative estimate of drug-likeness (QED) is 0.420. The first kappa shape index (κ1) is 14.3. The van der Waals surface area contributed by atoms with Gasteiger partial charge in [0.1, 0.15) is 0 Å². The summed E-state index contributed by atoms with van der Waals surface area (Å²) in [7, 11) is -2.94. The summed E-state index contributed by atoms with van der Waals surface area (Å²) in [6.07, 6.45) is 0. The van der Waals surface area contributed by atoms with Gasteiger partial charge in [0.25, 0.3) is 0 Å². The molecule has 0 aromatic rings. The Labute approximate surface area is 108 Å². The first-order valence-electron chi connectivity index (χ1n) is 2.98. The molecule has 0 aliphatic rings. The van der Waals surface area contributed by atoms with Crippen molar-refractivity contribution in [1.82, 2.24) is 0 Å². The molecule has 0 spiro atoms. The molecule has 0 aromatic carbocycles. The smallest absolute Gasteiger partial charge is 0.424 e. The second-order valence-electron chi connectivity index (χ2n) is 3.32. The SMILES string of the molecule is C[Si](C)(C)CC[S-](=O)=O.[K+]. The summed E-state index contributed by atoms with van der Waals surface area (Å²) in [6, 6.07) is 0.878. The molecule has 0 unspecified atom stereocenters. The van der Waals surface area contributed by atoms with Crippen molar-refractivity contribution in [3.8, 4) is 0 Å². The Balaban J connectivity index is 0. The summed E-state index contributed by atoms with van der Waals surface area (Å²) in [5, 5.41) is 0. The van der Waals surface area contributed by atoms with E-state index >= 15 is 0 Å². The van der Waals surface area contributed by atoms with Crippen molar-refractivity contribution >= 4 is 18.8 Å². The molecule has 0 N–H and O–H groups in total. The van der Waals surface area contributed by atoms with Gasteiger partial charge in [0.2, 0.25) is 0 Å². The average Bonchev–Trinajstić information content (AvgIpc) is 1.59. The summed E-state index contributed by atoms with van der Waals surface area (Å²) in [6.45, 7) is 6.50. The van der Waals surface area contributed by atoms with Crippen LogP contribution in [0, 0.1) is 0 Å². The number of rotatable bonds is 3. The van der Waals surface area contributed by atoms with Crippen molar-refractivity contribution in [3.05, 3.63) is 0 Å². The van der Waals surface area contributed by atoms with E-state index in [4.69, 9.17) is 0 Å². The first-order valence-corrected chi connectivity index (χ1v) is 7.93. The Kier molecular flexibility index (Phi) is 9.08. The van der Waals surface area contributed by atoms with Crippen LogP contribution in [0.4, 0.5) is 0 Å². The topological polar surface area (TPSA) is 34.1 Å². The van der Waals surface area contributed by atoms with Gasteiger partial charge in [0.05, 0.1) is 0 Å². The second-order valence-corrected chi connectivity index (χ2v) is 9.96. The molecule has 2 nitrogen and oxygen atoms in total. The van der Waals surface area contributed by atoms with Crippen molar-refractivity contribution in [2.24, 2.45) is 0 Å². The fourth-order valence-electron chi connectivity index (χ4n) is 0.390. The van der Waals surface area contributed by atoms with E-state index < -0.39 is 18.8 Å². The van der Waals surface area contributed by atoms with E-state index in [1.807, 2.05) is 0 Å². The molecule has 0 aliphatic carbocycles. The van der Waals surface area contributed by atoms with Crippen molar-refractivity contribution in [3.63, 3.8) is 0 Å². The standard InChI is InChI=1S/C5H13O2SSi.K/c1-9(2,3)5-4-8(6)7;/h4-5H2,1-3H3;/q-1;+1. The molecule has 0 aromatic heterocycles. The van der Waals surface area contributed by atoms with Crippen LogP contribution in [0.15, 0.2) is 0 Å². The monoisotopic (exact) mass is 204 g/mol. The summed E-state index contributed by atoms with van der Waals surface area (Å²) in [5.74, 6) is 0.343. The maximum atomic E-state index is 10.1. The molecule has 0 atom stereocenters. The normalized spacial score (nSPS) is 11.2. The Hall–Kier alpha value is 1.80. The Morgan fingerprint density at radius 2 is 1.60 bits per heavy atom. The van der Waals surface area contributed by atoms with Crippen molar-refractivity contribution < 1.29 is 59.8 Å². The molecule has 10 heavy (non-hydrogen) atoms. The molecule has 0 radical (unpaired) electrons. The van der Waals surface area contributed by atoms with E-state index in [1.165, 1.54) is 0 Å². The van der Waals surface area contributed by atoms with Crippen molar-refractivity contribution in [2.45, 2.75) is 25.7 Å². The van der Waals surface area contributed by atoms with Gasteiger partial charge < -0.3 is 8.42 Å². The van der Waals surface area contributed by atoms with Crippen LogP contribution in [0.2, 0.25) is 25.7 Å². The molecular formula is C5H13KO2SSi.